The summed E-state index contributed by atoms with van der Waals surface area (Å²) in [6.07, 6.45) is 7.34. The van der Waals surface area contributed by atoms with E-state index in [0.717, 1.165) is 6.42 Å². The van der Waals surface area contributed by atoms with Gasteiger partial charge in [0.2, 0.25) is 5.91 Å². The lowest BCUT2D eigenvalue weighted by Crippen LogP contribution is -2.28. The number of hydrogen-bond donors (Lipinski definition) is 2. The van der Waals surface area contributed by atoms with E-state index in [0.29, 0.717) is 23.8 Å². The topological polar surface area (TPSA) is 66.4 Å². The molecule has 0 aromatic heterocycles. The molecule has 3 saturated carbocycles. The first-order valence-corrected chi connectivity index (χ1v) is 7.11. The van der Waals surface area contributed by atoms with Gasteiger partial charge in [0.05, 0.1) is 11.3 Å². The maximum absolute atomic E-state index is 12.0. The van der Waals surface area contributed by atoms with Crippen molar-refractivity contribution < 1.29 is 14.7 Å². The van der Waals surface area contributed by atoms with Crippen molar-refractivity contribution in [2.75, 3.05) is 6.54 Å². The van der Waals surface area contributed by atoms with Crippen molar-refractivity contribution in [2.45, 2.75) is 38.5 Å². The highest BCUT2D eigenvalue weighted by Gasteiger charge is 2.76. The van der Waals surface area contributed by atoms with Crippen LogP contribution in [-0.4, -0.2) is 23.5 Å². The van der Waals surface area contributed by atoms with Crippen molar-refractivity contribution in [1.82, 2.24) is 5.32 Å². The summed E-state index contributed by atoms with van der Waals surface area (Å²) in [6, 6.07) is 0. The number of aliphatic carboxylic acids is 1. The largest absolute Gasteiger partial charge is 0.481 e. The van der Waals surface area contributed by atoms with E-state index >= 15 is 0 Å². The molecule has 1 aliphatic heterocycles. The summed E-state index contributed by atoms with van der Waals surface area (Å²) in [5, 5.41) is 12.1. The van der Waals surface area contributed by atoms with Crippen molar-refractivity contribution in [3.05, 3.63) is 0 Å². The van der Waals surface area contributed by atoms with Crippen LogP contribution >= 0.6 is 0 Å². The monoisotopic (exact) mass is 249 g/mol. The lowest BCUT2D eigenvalue weighted by atomic mass is 9.86. The van der Waals surface area contributed by atoms with Crippen LogP contribution in [0.15, 0.2) is 0 Å². The molecule has 4 atom stereocenters. The molecule has 4 aliphatic rings. The fourth-order valence-corrected chi connectivity index (χ4v) is 5.08. The van der Waals surface area contributed by atoms with Gasteiger partial charge in [-0.05, 0) is 42.9 Å². The van der Waals surface area contributed by atoms with E-state index in [9.17, 15) is 14.7 Å². The molecule has 1 heterocycles. The average molecular weight is 249 g/mol. The third-order valence-corrected chi connectivity index (χ3v) is 6.21. The Morgan fingerprint density at radius 3 is 2.61 bits per heavy atom. The van der Waals surface area contributed by atoms with Crippen LogP contribution in [0.5, 0.6) is 0 Å². The average Bonchev–Trinajstić information content (AvgIpc) is 3.07. The number of nitrogens with one attached hydrogen (secondary N) is 1. The maximum Gasteiger partial charge on any atom is 0.309 e. The van der Waals surface area contributed by atoms with Gasteiger partial charge < -0.3 is 10.4 Å². The standard InChI is InChI=1S/C14H19NO3/c16-11(17)10-7-15-12(18)14(10)6-9(14)8-5-13(8)3-1-2-4-13/h8-10H,1-7H2,(H,15,18)(H,16,17). The summed E-state index contributed by atoms with van der Waals surface area (Å²) < 4.78 is 0. The molecule has 4 heteroatoms. The van der Waals surface area contributed by atoms with Gasteiger partial charge in [-0.1, -0.05) is 12.8 Å². The van der Waals surface area contributed by atoms with Crippen molar-refractivity contribution >= 4 is 11.9 Å². The first-order valence-electron chi connectivity index (χ1n) is 7.11. The van der Waals surface area contributed by atoms with E-state index in [1.807, 2.05) is 0 Å². The van der Waals surface area contributed by atoms with Gasteiger partial charge in [0, 0.05) is 6.54 Å². The minimum absolute atomic E-state index is 0.0138. The van der Waals surface area contributed by atoms with Crippen molar-refractivity contribution in [1.29, 1.82) is 0 Å². The Morgan fingerprint density at radius 1 is 1.22 bits per heavy atom. The Labute approximate surface area is 106 Å². The molecule has 0 bridgehead atoms. The molecule has 0 radical (unpaired) electrons. The van der Waals surface area contributed by atoms with Crippen LogP contribution in [0, 0.1) is 28.6 Å². The molecule has 98 valence electrons. The minimum atomic E-state index is -0.794. The number of hydrogen-bond acceptors (Lipinski definition) is 2. The zero-order chi connectivity index (χ0) is 12.5. The van der Waals surface area contributed by atoms with Gasteiger partial charge in [0.15, 0.2) is 0 Å². The van der Waals surface area contributed by atoms with E-state index in [4.69, 9.17) is 0 Å². The van der Waals surface area contributed by atoms with Gasteiger partial charge in [0.1, 0.15) is 0 Å². The molecule has 0 aromatic carbocycles. The Morgan fingerprint density at radius 2 is 1.94 bits per heavy atom. The first-order chi connectivity index (χ1) is 8.60. The second-order valence-corrected chi connectivity index (χ2v) is 6.83. The highest BCUT2D eigenvalue weighted by molar-refractivity contribution is 5.94. The van der Waals surface area contributed by atoms with Crippen LogP contribution in [0.2, 0.25) is 0 Å². The van der Waals surface area contributed by atoms with Crippen LogP contribution in [0.25, 0.3) is 0 Å². The van der Waals surface area contributed by atoms with Crippen LogP contribution in [0.4, 0.5) is 0 Å². The number of carboxylic acid groups (broad SMARTS) is 1. The van der Waals surface area contributed by atoms with E-state index in [2.05, 4.69) is 5.32 Å². The van der Waals surface area contributed by atoms with Crippen LogP contribution < -0.4 is 5.32 Å². The van der Waals surface area contributed by atoms with E-state index < -0.39 is 17.3 Å². The van der Waals surface area contributed by atoms with Crippen LogP contribution in [0.1, 0.15) is 38.5 Å². The molecule has 4 rings (SSSR count). The molecular formula is C14H19NO3. The third-order valence-electron chi connectivity index (χ3n) is 6.21. The van der Waals surface area contributed by atoms with Gasteiger partial charge >= 0.3 is 5.97 Å². The SMILES string of the molecule is O=C(O)C1CNC(=O)C12CC2C1CC12CCCC2. The van der Waals surface area contributed by atoms with Crippen molar-refractivity contribution in [2.24, 2.45) is 28.6 Å². The van der Waals surface area contributed by atoms with Gasteiger partial charge in [-0.3, -0.25) is 9.59 Å². The van der Waals surface area contributed by atoms with E-state index in [-0.39, 0.29) is 5.91 Å². The fourth-order valence-electron chi connectivity index (χ4n) is 5.08. The molecule has 1 saturated heterocycles. The fraction of sp³-hybridized carbons (Fsp3) is 0.857. The summed E-state index contributed by atoms with van der Waals surface area (Å²) in [5.74, 6) is -0.254. The molecule has 2 N–H and O–H groups in total. The number of carboxylic acids is 1. The molecule has 0 aromatic rings. The Hall–Kier alpha value is -1.06. The molecule has 18 heavy (non-hydrogen) atoms. The Bertz CT molecular complexity index is 440. The first kappa shape index (κ1) is 10.8. The molecule has 2 spiro atoms. The number of amides is 1. The Balaban J connectivity index is 1.57. The molecule has 3 aliphatic carbocycles. The molecule has 1 amide bonds. The summed E-state index contributed by atoms with van der Waals surface area (Å²) in [6.45, 7) is 0.338. The number of carbonyl (C=O) groups is 2. The van der Waals surface area contributed by atoms with E-state index in [1.54, 1.807) is 0 Å². The van der Waals surface area contributed by atoms with Gasteiger partial charge in [0.25, 0.3) is 0 Å². The zero-order valence-electron chi connectivity index (χ0n) is 10.4. The highest BCUT2D eigenvalue weighted by Crippen LogP contribution is 2.76. The molecular weight excluding hydrogens is 230 g/mol. The predicted molar refractivity (Wildman–Crippen MR) is 63.7 cm³/mol. The normalized spacial score (nSPS) is 47.6. The molecule has 4 unspecified atom stereocenters. The van der Waals surface area contributed by atoms with Crippen molar-refractivity contribution in [3.63, 3.8) is 0 Å². The summed E-state index contributed by atoms with van der Waals surface area (Å²) in [5.41, 5.74) is -0.0112. The second-order valence-electron chi connectivity index (χ2n) is 6.83. The number of carbonyl (C=O) groups excluding carboxylic acids is 1. The smallest absolute Gasteiger partial charge is 0.309 e. The quantitative estimate of drug-likeness (QED) is 0.777. The lowest BCUT2D eigenvalue weighted by molar-refractivity contribution is -0.145. The van der Waals surface area contributed by atoms with Gasteiger partial charge in [-0.15, -0.1) is 0 Å². The zero-order valence-corrected chi connectivity index (χ0v) is 10.4. The Kier molecular flexibility index (Phi) is 1.86. The minimum Gasteiger partial charge on any atom is -0.481 e. The van der Waals surface area contributed by atoms with Gasteiger partial charge in [-0.2, -0.15) is 0 Å². The maximum atomic E-state index is 12.0. The lowest BCUT2D eigenvalue weighted by Gasteiger charge is -2.14. The summed E-state index contributed by atoms with van der Waals surface area (Å²) in [7, 11) is 0. The third kappa shape index (κ3) is 1.12. The van der Waals surface area contributed by atoms with E-state index in [1.165, 1.54) is 32.1 Å². The van der Waals surface area contributed by atoms with Gasteiger partial charge in [-0.25, -0.2) is 0 Å². The van der Waals surface area contributed by atoms with Crippen LogP contribution in [0.3, 0.4) is 0 Å². The highest BCUT2D eigenvalue weighted by atomic mass is 16.4. The second kappa shape index (κ2) is 3.09. The predicted octanol–water partition coefficient (Wildman–Crippen LogP) is 1.40. The van der Waals surface area contributed by atoms with Crippen LogP contribution in [-0.2, 0) is 9.59 Å². The summed E-state index contributed by atoms with van der Waals surface area (Å²) >= 11 is 0. The number of rotatable bonds is 2. The molecule has 4 nitrogen and oxygen atoms in total. The van der Waals surface area contributed by atoms with Crippen molar-refractivity contribution in [3.8, 4) is 0 Å². The summed E-state index contributed by atoms with van der Waals surface area (Å²) in [4.78, 5) is 23.4. The molecule has 4 fully saturated rings.